The van der Waals surface area contributed by atoms with Crippen molar-refractivity contribution in [3.8, 4) is 0 Å². The van der Waals surface area contributed by atoms with Crippen molar-refractivity contribution in [2.24, 2.45) is 5.92 Å². The summed E-state index contributed by atoms with van der Waals surface area (Å²) in [4.78, 5) is 14.2. The maximum Gasteiger partial charge on any atom is 0.255 e. The van der Waals surface area contributed by atoms with Crippen LogP contribution in [0.3, 0.4) is 0 Å². The number of halogens is 3. The molecule has 2 rings (SSSR count). The Kier molecular flexibility index (Phi) is 4.99. The highest BCUT2D eigenvalue weighted by atomic mass is 35.5. The predicted molar refractivity (Wildman–Crippen MR) is 80.4 cm³/mol. The van der Waals surface area contributed by atoms with Crippen molar-refractivity contribution >= 4 is 40.7 Å². The largest absolute Gasteiger partial charge is 0.339 e. The number of alkyl halides is 1. The van der Waals surface area contributed by atoms with Crippen molar-refractivity contribution < 1.29 is 4.79 Å². The van der Waals surface area contributed by atoms with Crippen molar-refractivity contribution in [3.05, 3.63) is 33.8 Å². The summed E-state index contributed by atoms with van der Waals surface area (Å²) >= 11 is 18.1. The summed E-state index contributed by atoms with van der Waals surface area (Å²) < 4.78 is 0. The zero-order valence-corrected chi connectivity index (χ0v) is 13.0. The zero-order valence-electron chi connectivity index (χ0n) is 10.7. The topological polar surface area (TPSA) is 20.3 Å². The first-order valence-corrected chi connectivity index (χ1v) is 7.56. The average Bonchev–Trinajstić information content (AvgIpc) is 2.41. The van der Waals surface area contributed by atoms with Gasteiger partial charge in [-0.25, -0.2) is 0 Å². The summed E-state index contributed by atoms with van der Waals surface area (Å²) in [6, 6.07) is 4.97. The Morgan fingerprint density at radius 1 is 1.32 bits per heavy atom. The molecule has 0 spiro atoms. The SMILES string of the molecule is CC(Cl)C1CCN(C(=O)c2cc(Cl)ccc2Cl)CC1. The third-order valence-electron chi connectivity index (χ3n) is 3.64. The number of piperidine rings is 1. The lowest BCUT2D eigenvalue weighted by Crippen LogP contribution is -2.40. The maximum absolute atomic E-state index is 12.4. The number of rotatable bonds is 2. The normalized spacial score (nSPS) is 18.4. The lowest BCUT2D eigenvalue weighted by Gasteiger charge is -2.33. The van der Waals surface area contributed by atoms with Gasteiger partial charge in [0.2, 0.25) is 0 Å². The molecule has 1 saturated heterocycles. The lowest BCUT2D eigenvalue weighted by molar-refractivity contribution is 0.0690. The van der Waals surface area contributed by atoms with E-state index in [-0.39, 0.29) is 11.3 Å². The molecule has 0 aliphatic carbocycles. The van der Waals surface area contributed by atoms with Gasteiger partial charge in [-0.1, -0.05) is 23.2 Å². The molecule has 2 nitrogen and oxygen atoms in total. The first kappa shape index (κ1) is 15.0. The molecule has 19 heavy (non-hydrogen) atoms. The molecule has 1 aliphatic heterocycles. The van der Waals surface area contributed by atoms with E-state index in [1.54, 1.807) is 18.2 Å². The number of benzene rings is 1. The summed E-state index contributed by atoms with van der Waals surface area (Å²) in [7, 11) is 0. The summed E-state index contributed by atoms with van der Waals surface area (Å²) in [5.41, 5.74) is 0.478. The molecule has 1 heterocycles. The van der Waals surface area contributed by atoms with Crippen LogP contribution in [-0.4, -0.2) is 29.3 Å². The maximum atomic E-state index is 12.4. The lowest BCUT2D eigenvalue weighted by atomic mass is 9.93. The number of nitrogens with zero attached hydrogens (tertiary/aromatic N) is 1. The highest BCUT2D eigenvalue weighted by molar-refractivity contribution is 6.35. The van der Waals surface area contributed by atoms with Gasteiger partial charge < -0.3 is 4.90 Å². The molecule has 1 aromatic carbocycles. The fraction of sp³-hybridized carbons (Fsp3) is 0.500. The molecular formula is C14H16Cl3NO. The Labute approximate surface area is 128 Å². The van der Waals surface area contributed by atoms with Crippen LogP contribution in [0.25, 0.3) is 0 Å². The molecule has 0 saturated carbocycles. The van der Waals surface area contributed by atoms with Crippen molar-refractivity contribution in [2.75, 3.05) is 13.1 Å². The minimum Gasteiger partial charge on any atom is -0.339 e. The summed E-state index contributed by atoms with van der Waals surface area (Å²) in [6.07, 6.45) is 1.88. The molecule has 1 amide bonds. The number of carbonyl (C=O) groups is 1. The van der Waals surface area contributed by atoms with Gasteiger partial charge in [-0.3, -0.25) is 4.79 Å². The molecule has 5 heteroatoms. The molecular weight excluding hydrogens is 305 g/mol. The van der Waals surface area contributed by atoms with Gasteiger partial charge in [0, 0.05) is 23.5 Å². The number of hydrogen-bond donors (Lipinski definition) is 0. The molecule has 104 valence electrons. The van der Waals surface area contributed by atoms with E-state index in [0.717, 1.165) is 25.9 Å². The number of likely N-dealkylation sites (tertiary alicyclic amines) is 1. The highest BCUT2D eigenvalue weighted by Gasteiger charge is 2.26. The predicted octanol–water partition coefficient (Wildman–Crippen LogP) is 4.47. The van der Waals surface area contributed by atoms with E-state index in [4.69, 9.17) is 34.8 Å². The Bertz CT molecular complexity index is 468. The second kappa shape index (κ2) is 6.34. The van der Waals surface area contributed by atoms with Gasteiger partial charge in [0.25, 0.3) is 5.91 Å². The first-order valence-electron chi connectivity index (χ1n) is 6.37. The minimum absolute atomic E-state index is 0.0480. The van der Waals surface area contributed by atoms with Crippen LogP contribution in [0, 0.1) is 5.92 Å². The Morgan fingerprint density at radius 2 is 1.95 bits per heavy atom. The van der Waals surface area contributed by atoms with Gasteiger partial charge >= 0.3 is 0 Å². The van der Waals surface area contributed by atoms with Crippen LogP contribution < -0.4 is 0 Å². The molecule has 1 unspecified atom stereocenters. The number of amides is 1. The van der Waals surface area contributed by atoms with Gasteiger partial charge in [-0.05, 0) is 43.9 Å². The molecule has 1 aromatic rings. The first-order chi connectivity index (χ1) is 8.99. The summed E-state index contributed by atoms with van der Waals surface area (Å²) in [6.45, 7) is 3.46. The molecule has 0 bridgehead atoms. The Morgan fingerprint density at radius 3 is 2.53 bits per heavy atom. The fourth-order valence-electron chi connectivity index (χ4n) is 2.39. The van der Waals surface area contributed by atoms with Crippen LogP contribution in [-0.2, 0) is 0 Å². The van der Waals surface area contributed by atoms with E-state index in [1.807, 2.05) is 11.8 Å². The zero-order chi connectivity index (χ0) is 14.0. The van der Waals surface area contributed by atoms with Crippen LogP contribution in [0.1, 0.15) is 30.1 Å². The molecule has 1 aliphatic rings. The smallest absolute Gasteiger partial charge is 0.255 e. The van der Waals surface area contributed by atoms with E-state index in [2.05, 4.69) is 0 Å². The van der Waals surface area contributed by atoms with E-state index < -0.39 is 0 Å². The summed E-state index contributed by atoms with van der Waals surface area (Å²) in [5, 5.41) is 1.13. The third kappa shape index (κ3) is 3.56. The van der Waals surface area contributed by atoms with Crippen molar-refractivity contribution in [1.82, 2.24) is 4.90 Å². The van der Waals surface area contributed by atoms with Crippen LogP contribution >= 0.6 is 34.8 Å². The van der Waals surface area contributed by atoms with Crippen LogP contribution in [0.15, 0.2) is 18.2 Å². The second-order valence-electron chi connectivity index (χ2n) is 4.93. The van der Waals surface area contributed by atoms with E-state index >= 15 is 0 Å². The van der Waals surface area contributed by atoms with Gasteiger partial charge in [-0.15, -0.1) is 11.6 Å². The third-order valence-corrected chi connectivity index (χ3v) is 4.56. The quantitative estimate of drug-likeness (QED) is 0.736. The number of hydrogen-bond acceptors (Lipinski definition) is 1. The summed E-state index contributed by atoms with van der Waals surface area (Å²) in [5.74, 6) is 0.439. The van der Waals surface area contributed by atoms with Gasteiger partial charge in [-0.2, -0.15) is 0 Å². The van der Waals surface area contributed by atoms with Gasteiger partial charge in [0.1, 0.15) is 0 Å². The standard InChI is InChI=1S/C14H16Cl3NO/c1-9(15)10-4-6-18(7-5-10)14(19)12-8-11(16)2-3-13(12)17/h2-3,8-10H,4-7H2,1H3. The van der Waals surface area contributed by atoms with Crippen molar-refractivity contribution in [3.63, 3.8) is 0 Å². The average molecular weight is 321 g/mol. The number of carbonyl (C=O) groups excluding carboxylic acids is 1. The van der Waals surface area contributed by atoms with E-state index in [0.29, 0.717) is 21.5 Å². The molecule has 0 aromatic heterocycles. The van der Waals surface area contributed by atoms with Crippen LogP contribution in [0.5, 0.6) is 0 Å². The highest BCUT2D eigenvalue weighted by Crippen LogP contribution is 2.27. The van der Waals surface area contributed by atoms with Crippen LogP contribution in [0.2, 0.25) is 10.0 Å². The van der Waals surface area contributed by atoms with Crippen molar-refractivity contribution in [2.45, 2.75) is 25.1 Å². The van der Waals surface area contributed by atoms with Crippen LogP contribution in [0.4, 0.5) is 0 Å². The Hall–Kier alpha value is -0.440. The Balaban J connectivity index is 2.07. The molecule has 0 N–H and O–H groups in total. The molecule has 1 fully saturated rings. The molecule has 1 atom stereocenters. The van der Waals surface area contributed by atoms with E-state index in [9.17, 15) is 4.79 Å². The fourth-order valence-corrected chi connectivity index (χ4v) is 3.02. The van der Waals surface area contributed by atoms with Crippen molar-refractivity contribution in [1.29, 1.82) is 0 Å². The van der Waals surface area contributed by atoms with Gasteiger partial charge in [0.15, 0.2) is 0 Å². The monoisotopic (exact) mass is 319 g/mol. The van der Waals surface area contributed by atoms with Gasteiger partial charge in [0.05, 0.1) is 10.6 Å². The second-order valence-corrected chi connectivity index (χ2v) is 6.46. The minimum atomic E-state index is -0.0480. The molecule has 0 radical (unpaired) electrons. The van der Waals surface area contributed by atoms with E-state index in [1.165, 1.54) is 0 Å².